The summed E-state index contributed by atoms with van der Waals surface area (Å²) in [5, 5.41) is 3.76. The largest absolute Gasteiger partial charge is 0.491 e. The molecule has 2 amide bonds. The number of ether oxygens (including phenoxy) is 1. The zero-order valence-corrected chi connectivity index (χ0v) is 21.8. The van der Waals surface area contributed by atoms with Crippen molar-refractivity contribution in [1.82, 2.24) is 10.2 Å². The van der Waals surface area contributed by atoms with Crippen LogP contribution in [0.2, 0.25) is 0 Å². The van der Waals surface area contributed by atoms with E-state index >= 15 is 0 Å². The maximum atomic E-state index is 14.2. The Labute approximate surface area is 218 Å². The van der Waals surface area contributed by atoms with E-state index < -0.39 is 5.54 Å². The van der Waals surface area contributed by atoms with Crippen LogP contribution in [0.3, 0.4) is 0 Å². The van der Waals surface area contributed by atoms with Gasteiger partial charge < -0.3 is 10.1 Å². The zero-order chi connectivity index (χ0) is 25.6. The molecule has 6 nitrogen and oxygen atoms in total. The minimum absolute atomic E-state index is 0.138. The van der Waals surface area contributed by atoms with Gasteiger partial charge in [0, 0.05) is 31.4 Å². The Bertz CT molecular complexity index is 1190. The molecule has 2 aromatic carbocycles. The third-order valence-corrected chi connectivity index (χ3v) is 8.75. The van der Waals surface area contributed by atoms with Gasteiger partial charge in [0.1, 0.15) is 22.9 Å². The molecule has 3 unspecified atom stereocenters. The summed E-state index contributed by atoms with van der Waals surface area (Å²) < 4.78 is 20.1. The standard InChI is InChI=1S/C30H37FN4O2/c1-20(2)37-26-8-3-5-22(16-26)19-34-13-11-30(12-14-34)28(32-27-17-21-9-10-23(27)15-21)33-29(36)35(30)25-7-4-6-24(31)18-25/h3-8,16,18,20-21,23,27H,9-15,17,19H2,1-2H3,(H,32,33,36). The molecular formula is C30H37FN4O2. The maximum Gasteiger partial charge on any atom is 0.350 e. The molecule has 2 aliphatic carbocycles. The molecule has 7 heteroatoms. The van der Waals surface area contributed by atoms with E-state index in [0.717, 1.165) is 56.4 Å². The second-order valence-electron chi connectivity index (χ2n) is 11.6. The molecule has 3 fully saturated rings. The van der Waals surface area contributed by atoms with E-state index in [-0.39, 0.29) is 18.0 Å². The van der Waals surface area contributed by atoms with E-state index in [2.05, 4.69) is 27.3 Å². The van der Waals surface area contributed by atoms with E-state index in [1.54, 1.807) is 11.0 Å². The van der Waals surface area contributed by atoms with Gasteiger partial charge in [0.15, 0.2) is 0 Å². The lowest BCUT2D eigenvalue weighted by molar-refractivity contribution is 0.181. The molecule has 1 N–H and O–H groups in total. The first-order chi connectivity index (χ1) is 17.9. The van der Waals surface area contributed by atoms with E-state index in [1.165, 1.54) is 37.0 Å². The number of aliphatic imine (C=N–C) groups is 1. The van der Waals surface area contributed by atoms with Gasteiger partial charge in [-0.05, 0) is 93.7 Å². The van der Waals surface area contributed by atoms with Gasteiger partial charge in [-0.2, -0.15) is 4.99 Å². The van der Waals surface area contributed by atoms with Gasteiger partial charge in [-0.25, -0.2) is 9.18 Å². The SMILES string of the molecule is CC(C)Oc1cccc(CN2CCC3(CC2)C(NC2CC4CCC2C4)=NC(=O)N3c2cccc(F)c2)c1. The van der Waals surface area contributed by atoms with Gasteiger partial charge in [-0.1, -0.05) is 24.6 Å². The van der Waals surface area contributed by atoms with Crippen molar-refractivity contribution in [1.29, 1.82) is 0 Å². The summed E-state index contributed by atoms with van der Waals surface area (Å²) in [7, 11) is 0. The van der Waals surface area contributed by atoms with Crippen LogP contribution < -0.4 is 15.0 Å². The molecule has 196 valence electrons. The molecule has 4 aliphatic rings. The summed E-state index contributed by atoms with van der Waals surface area (Å²) in [6.07, 6.45) is 6.68. The van der Waals surface area contributed by atoms with Gasteiger partial charge in [0.2, 0.25) is 0 Å². The number of nitrogens with one attached hydrogen (secondary N) is 1. The quantitative estimate of drug-likeness (QED) is 0.543. The number of likely N-dealkylation sites (tertiary alicyclic amines) is 1. The summed E-state index contributed by atoms with van der Waals surface area (Å²) >= 11 is 0. The molecule has 37 heavy (non-hydrogen) atoms. The van der Waals surface area contributed by atoms with Crippen LogP contribution in [0.4, 0.5) is 14.9 Å². The van der Waals surface area contributed by atoms with Crippen molar-refractivity contribution in [3.63, 3.8) is 0 Å². The number of hydrogen-bond acceptors (Lipinski definition) is 4. The van der Waals surface area contributed by atoms with Crippen LogP contribution in [-0.4, -0.2) is 47.5 Å². The van der Waals surface area contributed by atoms with Crippen molar-refractivity contribution in [3.05, 3.63) is 59.9 Å². The van der Waals surface area contributed by atoms with E-state index in [9.17, 15) is 9.18 Å². The predicted octanol–water partition coefficient (Wildman–Crippen LogP) is 5.76. The average Bonchev–Trinajstić information content (AvgIpc) is 3.55. The molecule has 0 radical (unpaired) electrons. The number of halogens is 1. The van der Waals surface area contributed by atoms with Gasteiger partial charge in [0.05, 0.1) is 6.10 Å². The van der Waals surface area contributed by atoms with Crippen LogP contribution in [0.25, 0.3) is 0 Å². The summed E-state index contributed by atoms with van der Waals surface area (Å²) in [6, 6.07) is 14.8. The minimum Gasteiger partial charge on any atom is -0.491 e. The number of benzene rings is 2. The number of hydrogen-bond donors (Lipinski definition) is 1. The summed E-state index contributed by atoms with van der Waals surface area (Å²) in [4.78, 5) is 22.1. The first kappa shape index (κ1) is 24.4. The fourth-order valence-corrected chi connectivity index (χ4v) is 7.06. The average molecular weight is 505 g/mol. The van der Waals surface area contributed by atoms with Gasteiger partial charge >= 0.3 is 6.03 Å². The Morgan fingerprint density at radius 2 is 1.92 bits per heavy atom. The first-order valence-electron chi connectivity index (χ1n) is 13.8. The summed E-state index contributed by atoms with van der Waals surface area (Å²) in [6.45, 7) is 6.55. The molecular weight excluding hydrogens is 467 g/mol. The van der Waals surface area contributed by atoms with Crippen molar-refractivity contribution >= 4 is 17.6 Å². The lowest BCUT2D eigenvalue weighted by Crippen LogP contribution is -2.62. The highest BCUT2D eigenvalue weighted by Crippen LogP contribution is 2.46. The second-order valence-corrected chi connectivity index (χ2v) is 11.6. The highest BCUT2D eigenvalue weighted by Gasteiger charge is 2.53. The number of amides is 2. The van der Waals surface area contributed by atoms with Crippen LogP contribution in [0, 0.1) is 17.7 Å². The van der Waals surface area contributed by atoms with Gasteiger partial charge in [0.25, 0.3) is 0 Å². The fourth-order valence-electron chi connectivity index (χ4n) is 7.06. The molecule has 0 aromatic heterocycles. The number of amidine groups is 1. The van der Waals surface area contributed by atoms with E-state index in [0.29, 0.717) is 17.6 Å². The van der Waals surface area contributed by atoms with Crippen LogP contribution >= 0.6 is 0 Å². The predicted molar refractivity (Wildman–Crippen MR) is 144 cm³/mol. The summed E-state index contributed by atoms with van der Waals surface area (Å²) in [5.41, 5.74) is 1.24. The number of urea groups is 1. The Kier molecular flexibility index (Phi) is 6.43. The number of fused-ring (bicyclic) bond motifs is 2. The molecule has 2 heterocycles. The molecule has 2 saturated carbocycles. The van der Waals surface area contributed by atoms with Crippen molar-refractivity contribution in [2.24, 2.45) is 16.8 Å². The van der Waals surface area contributed by atoms with Crippen LogP contribution in [0.15, 0.2) is 53.5 Å². The van der Waals surface area contributed by atoms with Crippen LogP contribution in [0.5, 0.6) is 5.75 Å². The maximum absolute atomic E-state index is 14.2. The number of carbonyl (C=O) groups is 1. The smallest absolute Gasteiger partial charge is 0.350 e. The number of rotatable bonds is 6. The Balaban J connectivity index is 1.22. The summed E-state index contributed by atoms with van der Waals surface area (Å²) in [5.74, 6) is 2.82. The highest BCUT2D eigenvalue weighted by atomic mass is 19.1. The molecule has 1 saturated heterocycles. The second kappa shape index (κ2) is 9.75. The van der Waals surface area contributed by atoms with E-state index in [4.69, 9.17) is 4.74 Å². The first-order valence-corrected chi connectivity index (χ1v) is 13.8. The van der Waals surface area contributed by atoms with Crippen LogP contribution in [0.1, 0.15) is 57.9 Å². The number of carbonyl (C=O) groups excluding carboxylic acids is 1. The number of anilines is 1. The minimum atomic E-state index is -0.564. The fraction of sp³-hybridized carbons (Fsp3) is 0.533. The van der Waals surface area contributed by atoms with Crippen molar-refractivity contribution < 1.29 is 13.9 Å². The Morgan fingerprint density at radius 3 is 2.62 bits per heavy atom. The Morgan fingerprint density at radius 1 is 1.11 bits per heavy atom. The zero-order valence-electron chi connectivity index (χ0n) is 21.8. The molecule has 2 bridgehead atoms. The monoisotopic (exact) mass is 504 g/mol. The third-order valence-electron chi connectivity index (χ3n) is 8.75. The van der Waals surface area contributed by atoms with E-state index in [1.807, 2.05) is 32.0 Å². The molecule has 2 aromatic rings. The van der Waals surface area contributed by atoms with Crippen molar-refractivity contribution in [2.75, 3.05) is 18.0 Å². The van der Waals surface area contributed by atoms with Crippen LogP contribution in [-0.2, 0) is 6.54 Å². The third kappa shape index (κ3) is 4.74. The normalized spacial score (nSPS) is 26.8. The molecule has 2 aliphatic heterocycles. The van der Waals surface area contributed by atoms with Crippen molar-refractivity contribution in [2.45, 2.75) is 76.6 Å². The molecule has 6 rings (SSSR count). The molecule has 3 atom stereocenters. The lowest BCUT2D eigenvalue weighted by Gasteiger charge is -2.46. The Hall–Kier alpha value is -2.93. The number of piperidine rings is 1. The number of nitrogens with zero attached hydrogens (tertiary/aromatic N) is 3. The van der Waals surface area contributed by atoms with Gasteiger partial charge in [-0.15, -0.1) is 0 Å². The lowest BCUT2D eigenvalue weighted by atomic mass is 9.83. The topological polar surface area (TPSA) is 57.2 Å². The highest BCUT2D eigenvalue weighted by molar-refractivity contribution is 6.16. The van der Waals surface area contributed by atoms with Gasteiger partial charge in [-0.3, -0.25) is 9.80 Å². The van der Waals surface area contributed by atoms with Crippen molar-refractivity contribution in [3.8, 4) is 5.75 Å². The molecule has 1 spiro atoms.